The quantitative estimate of drug-likeness (QED) is 0.539. The van der Waals surface area contributed by atoms with E-state index in [0.29, 0.717) is 6.61 Å². The molecule has 0 aliphatic heterocycles. The molecule has 0 spiro atoms. The molecule has 0 aromatic heterocycles. The molecule has 78 valence electrons. The zero-order valence-electron chi connectivity index (χ0n) is 8.46. The van der Waals surface area contributed by atoms with Crippen molar-refractivity contribution in [2.24, 2.45) is 0 Å². The topological polar surface area (TPSA) is 43.4 Å². The number of rotatable bonds is 4. The predicted octanol–water partition coefficient (Wildman–Crippen LogP) is 1.74. The maximum Gasteiger partial charge on any atom is 0.316 e. The standard InChI is InChI=1S/C8H16O3S2/c1-5-11-7(9)6-12-13(10)8(2,3)4/h5-6H2,1-4H3. The molecule has 0 aliphatic carbocycles. The van der Waals surface area contributed by atoms with Crippen LogP contribution in [0.4, 0.5) is 0 Å². The highest BCUT2D eigenvalue weighted by Crippen LogP contribution is 2.22. The van der Waals surface area contributed by atoms with Crippen molar-refractivity contribution in [1.29, 1.82) is 0 Å². The van der Waals surface area contributed by atoms with Crippen molar-refractivity contribution in [2.45, 2.75) is 32.4 Å². The van der Waals surface area contributed by atoms with E-state index in [9.17, 15) is 9.00 Å². The van der Waals surface area contributed by atoms with Crippen LogP contribution in [-0.2, 0) is 19.4 Å². The minimum Gasteiger partial charge on any atom is -0.465 e. The van der Waals surface area contributed by atoms with E-state index in [1.807, 2.05) is 20.8 Å². The van der Waals surface area contributed by atoms with Gasteiger partial charge < -0.3 is 4.74 Å². The molecular weight excluding hydrogens is 208 g/mol. The Kier molecular flexibility index (Phi) is 5.64. The molecule has 0 saturated heterocycles. The van der Waals surface area contributed by atoms with E-state index < -0.39 is 9.83 Å². The molecular formula is C8H16O3S2. The highest BCUT2D eigenvalue weighted by molar-refractivity contribution is 8.69. The van der Waals surface area contributed by atoms with Gasteiger partial charge in [0.15, 0.2) is 0 Å². The molecule has 3 nitrogen and oxygen atoms in total. The van der Waals surface area contributed by atoms with Crippen molar-refractivity contribution in [3.63, 3.8) is 0 Å². The molecule has 0 bridgehead atoms. The molecule has 0 N–H and O–H groups in total. The number of carbonyl (C=O) groups is 1. The van der Waals surface area contributed by atoms with Gasteiger partial charge in [0, 0.05) is 4.75 Å². The molecule has 0 amide bonds. The van der Waals surface area contributed by atoms with Gasteiger partial charge in [0.05, 0.1) is 16.4 Å². The van der Waals surface area contributed by atoms with Gasteiger partial charge in [-0.2, -0.15) is 0 Å². The molecule has 0 radical (unpaired) electrons. The molecule has 0 heterocycles. The summed E-state index contributed by atoms with van der Waals surface area (Å²) in [6, 6.07) is 0. The van der Waals surface area contributed by atoms with Crippen LogP contribution >= 0.6 is 10.8 Å². The summed E-state index contributed by atoms with van der Waals surface area (Å²) < 4.78 is 15.9. The highest BCUT2D eigenvalue weighted by atomic mass is 33.1. The van der Waals surface area contributed by atoms with Crippen molar-refractivity contribution in [1.82, 2.24) is 0 Å². The molecule has 5 heteroatoms. The van der Waals surface area contributed by atoms with Crippen LogP contribution in [-0.4, -0.2) is 27.3 Å². The Morgan fingerprint density at radius 3 is 2.38 bits per heavy atom. The van der Waals surface area contributed by atoms with Gasteiger partial charge in [-0.25, -0.2) is 4.21 Å². The van der Waals surface area contributed by atoms with Gasteiger partial charge >= 0.3 is 5.97 Å². The Morgan fingerprint density at radius 2 is 2.00 bits per heavy atom. The second-order valence-corrected chi connectivity index (χ2v) is 7.25. The van der Waals surface area contributed by atoms with E-state index >= 15 is 0 Å². The van der Waals surface area contributed by atoms with E-state index in [0.717, 1.165) is 10.8 Å². The zero-order chi connectivity index (χ0) is 10.5. The van der Waals surface area contributed by atoms with Crippen molar-refractivity contribution in [3.8, 4) is 0 Å². The molecule has 1 unspecified atom stereocenters. The summed E-state index contributed by atoms with van der Waals surface area (Å²) in [5, 5.41) is 0. The fourth-order valence-corrected chi connectivity index (χ4v) is 2.79. The van der Waals surface area contributed by atoms with Gasteiger partial charge in [-0.3, -0.25) is 4.79 Å². The second kappa shape index (κ2) is 5.65. The third-order valence-electron chi connectivity index (χ3n) is 1.09. The van der Waals surface area contributed by atoms with Crippen LogP contribution in [0.15, 0.2) is 0 Å². The second-order valence-electron chi connectivity index (χ2n) is 3.41. The third kappa shape index (κ3) is 6.10. The minimum absolute atomic E-state index is 0.164. The smallest absolute Gasteiger partial charge is 0.316 e. The first-order chi connectivity index (χ1) is 5.88. The van der Waals surface area contributed by atoms with E-state index in [1.54, 1.807) is 6.92 Å². The lowest BCUT2D eigenvalue weighted by Crippen LogP contribution is -2.20. The summed E-state index contributed by atoms with van der Waals surface area (Å²) in [5.41, 5.74) is 0. The first-order valence-corrected chi connectivity index (χ1v) is 6.74. The van der Waals surface area contributed by atoms with Crippen molar-refractivity contribution < 1.29 is 13.7 Å². The Labute approximate surface area is 85.5 Å². The number of esters is 1. The van der Waals surface area contributed by atoms with Crippen LogP contribution in [0.2, 0.25) is 0 Å². The molecule has 13 heavy (non-hydrogen) atoms. The molecule has 0 fully saturated rings. The first-order valence-electron chi connectivity index (χ1n) is 4.08. The van der Waals surface area contributed by atoms with Gasteiger partial charge in [0.25, 0.3) is 0 Å². The maximum atomic E-state index is 11.4. The fourth-order valence-electron chi connectivity index (χ4n) is 0.481. The monoisotopic (exact) mass is 224 g/mol. The lowest BCUT2D eigenvalue weighted by atomic mass is 10.3. The summed E-state index contributed by atoms with van der Waals surface area (Å²) in [5.74, 6) is -0.136. The molecule has 0 aliphatic rings. The zero-order valence-corrected chi connectivity index (χ0v) is 10.1. The first kappa shape index (κ1) is 13.0. The predicted molar refractivity (Wildman–Crippen MR) is 57.0 cm³/mol. The summed E-state index contributed by atoms with van der Waals surface area (Å²) in [6.45, 7) is 7.76. The highest BCUT2D eigenvalue weighted by Gasteiger charge is 2.21. The average Bonchev–Trinajstić information content (AvgIpc) is 1.99. The molecule has 0 aromatic rings. The largest absolute Gasteiger partial charge is 0.465 e. The van der Waals surface area contributed by atoms with Crippen molar-refractivity contribution >= 4 is 26.6 Å². The van der Waals surface area contributed by atoms with E-state index in [-0.39, 0.29) is 16.5 Å². The molecule has 0 aromatic carbocycles. The Balaban J connectivity index is 3.77. The van der Waals surface area contributed by atoms with Gasteiger partial charge in [0.2, 0.25) is 0 Å². The van der Waals surface area contributed by atoms with Gasteiger partial charge in [0.1, 0.15) is 5.75 Å². The number of hydrogen-bond acceptors (Lipinski definition) is 4. The SMILES string of the molecule is CCOC(=O)CSS(=O)C(C)(C)C. The normalized spacial score (nSPS) is 13.8. The number of ether oxygens (including phenoxy) is 1. The van der Waals surface area contributed by atoms with E-state index in [1.165, 1.54) is 0 Å². The maximum absolute atomic E-state index is 11.4. The summed E-state index contributed by atoms with van der Waals surface area (Å²) in [4.78, 5) is 10.9. The summed E-state index contributed by atoms with van der Waals surface area (Å²) >= 11 is 0. The van der Waals surface area contributed by atoms with Gasteiger partial charge in [-0.05, 0) is 38.5 Å². The van der Waals surface area contributed by atoms with Gasteiger partial charge in [-0.15, -0.1) is 0 Å². The molecule has 0 saturated carbocycles. The Hall–Kier alpha value is -0.0300. The summed E-state index contributed by atoms with van der Waals surface area (Å²) in [7, 11) is 0.0834. The van der Waals surface area contributed by atoms with Crippen molar-refractivity contribution in [2.75, 3.05) is 12.4 Å². The third-order valence-corrected chi connectivity index (χ3v) is 5.15. The fraction of sp³-hybridized carbons (Fsp3) is 0.875. The van der Waals surface area contributed by atoms with Gasteiger partial charge in [-0.1, -0.05) is 0 Å². The van der Waals surface area contributed by atoms with Crippen LogP contribution in [0, 0.1) is 0 Å². The van der Waals surface area contributed by atoms with Crippen LogP contribution in [0.3, 0.4) is 0 Å². The lowest BCUT2D eigenvalue weighted by molar-refractivity contribution is -0.139. The number of hydrogen-bond donors (Lipinski definition) is 0. The van der Waals surface area contributed by atoms with Crippen LogP contribution < -0.4 is 0 Å². The van der Waals surface area contributed by atoms with E-state index in [2.05, 4.69) is 0 Å². The summed E-state index contributed by atoms with van der Waals surface area (Å²) in [6.07, 6.45) is 0. The number of carbonyl (C=O) groups excluding carboxylic acids is 1. The minimum atomic E-state index is -1.05. The van der Waals surface area contributed by atoms with E-state index in [4.69, 9.17) is 4.74 Å². The Bertz CT molecular complexity index is 196. The van der Waals surface area contributed by atoms with Crippen LogP contribution in [0.5, 0.6) is 0 Å². The Morgan fingerprint density at radius 1 is 1.46 bits per heavy atom. The van der Waals surface area contributed by atoms with Crippen LogP contribution in [0.25, 0.3) is 0 Å². The molecule has 1 atom stereocenters. The van der Waals surface area contributed by atoms with Crippen LogP contribution in [0.1, 0.15) is 27.7 Å². The average molecular weight is 224 g/mol. The van der Waals surface area contributed by atoms with Crippen molar-refractivity contribution in [3.05, 3.63) is 0 Å². The lowest BCUT2D eigenvalue weighted by Gasteiger charge is -2.15. The molecule has 0 rings (SSSR count).